The molecule has 1 aromatic heterocycles. The van der Waals surface area contributed by atoms with E-state index >= 15 is 0 Å². The number of nitrogen functional groups attached to an aromatic ring is 1. The molecule has 0 aliphatic carbocycles. The van der Waals surface area contributed by atoms with E-state index in [0.717, 1.165) is 23.9 Å². The van der Waals surface area contributed by atoms with Crippen LogP contribution >= 0.6 is 11.8 Å². The summed E-state index contributed by atoms with van der Waals surface area (Å²) in [6.07, 6.45) is -4.47. The Balaban J connectivity index is 2.84. The first-order chi connectivity index (χ1) is 8.20. The molecule has 0 saturated carbocycles. The number of nitrogens with zero attached hydrogens (tertiary/aromatic N) is 2. The van der Waals surface area contributed by atoms with E-state index in [-0.39, 0.29) is 22.5 Å². The highest BCUT2D eigenvalue weighted by atomic mass is 32.2. The van der Waals surface area contributed by atoms with Crippen LogP contribution in [0.5, 0.6) is 0 Å². The molecule has 0 unspecified atom stereocenters. The van der Waals surface area contributed by atoms with Crippen molar-refractivity contribution < 1.29 is 18.0 Å². The number of alkyl halides is 3. The number of halogens is 3. The molecule has 0 aliphatic heterocycles. The number of nitrogens with two attached hydrogens (primary N) is 1. The first kappa shape index (κ1) is 14.6. The minimum absolute atomic E-state index is 0.0146. The Labute approximate surface area is 106 Å². The summed E-state index contributed by atoms with van der Waals surface area (Å²) in [4.78, 5) is 16.4. The monoisotopic (exact) mass is 279 g/mol. The second-order valence-electron chi connectivity index (χ2n) is 3.69. The van der Waals surface area contributed by atoms with Crippen molar-refractivity contribution in [2.45, 2.75) is 11.2 Å². The molecule has 0 bridgehead atoms. The van der Waals surface area contributed by atoms with Crippen molar-refractivity contribution in [1.29, 1.82) is 0 Å². The van der Waals surface area contributed by atoms with E-state index in [1.54, 1.807) is 14.1 Å². The average molecular weight is 279 g/mol. The fourth-order valence-electron chi connectivity index (χ4n) is 1.03. The van der Waals surface area contributed by atoms with E-state index in [0.29, 0.717) is 0 Å². The lowest BCUT2D eigenvalue weighted by Gasteiger charge is -2.11. The molecule has 1 rings (SSSR count). The number of amides is 1. The Morgan fingerprint density at radius 1 is 1.44 bits per heavy atom. The summed E-state index contributed by atoms with van der Waals surface area (Å²) in [5.74, 6) is -0.414. The molecule has 18 heavy (non-hydrogen) atoms. The van der Waals surface area contributed by atoms with Crippen LogP contribution in [0.15, 0.2) is 17.2 Å². The number of aromatic nitrogens is 1. The van der Waals surface area contributed by atoms with Gasteiger partial charge in [-0.3, -0.25) is 4.79 Å². The van der Waals surface area contributed by atoms with Crippen molar-refractivity contribution in [3.8, 4) is 0 Å². The zero-order valence-corrected chi connectivity index (χ0v) is 10.6. The molecule has 1 aromatic rings. The lowest BCUT2D eigenvalue weighted by atomic mass is 10.2. The molecule has 0 atom stereocenters. The Morgan fingerprint density at radius 2 is 2.06 bits per heavy atom. The van der Waals surface area contributed by atoms with Crippen LogP contribution in [-0.2, 0) is 11.0 Å². The van der Waals surface area contributed by atoms with Gasteiger partial charge in [-0.15, -0.1) is 0 Å². The minimum atomic E-state index is -4.47. The average Bonchev–Trinajstić information content (AvgIpc) is 2.23. The van der Waals surface area contributed by atoms with Crippen molar-refractivity contribution >= 4 is 23.5 Å². The third-order valence-corrected chi connectivity index (χ3v) is 2.89. The van der Waals surface area contributed by atoms with Crippen molar-refractivity contribution in [2.75, 3.05) is 25.6 Å². The van der Waals surface area contributed by atoms with E-state index in [2.05, 4.69) is 4.98 Å². The number of rotatable bonds is 3. The van der Waals surface area contributed by atoms with E-state index in [1.165, 1.54) is 4.90 Å². The van der Waals surface area contributed by atoms with Gasteiger partial charge in [0.1, 0.15) is 5.82 Å². The molecule has 1 amide bonds. The first-order valence-electron chi connectivity index (χ1n) is 4.88. The maximum Gasteiger partial charge on any atom is 0.416 e. The fourth-order valence-corrected chi connectivity index (χ4v) is 1.94. The largest absolute Gasteiger partial charge is 0.416 e. The minimum Gasteiger partial charge on any atom is -0.384 e. The summed E-state index contributed by atoms with van der Waals surface area (Å²) in [6.45, 7) is 0. The Hall–Kier alpha value is -1.44. The first-order valence-corrected chi connectivity index (χ1v) is 5.86. The van der Waals surface area contributed by atoms with Gasteiger partial charge in [0, 0.05) is 14.1 Å². The molecular formula is C10H12F3N3OS. The van der Waals surface area contributed by atoms with Crippen molar-refractivity contribution in [1.82, 2.24) is 9.88 Å². The Morgan fingerprint density at radius 3 is 2.56 bits per heavy atom. The molecule has 4 nitrogen and oxygen atoms in total. The van der Waals surface area contributed by atoms with Crippen LogP contribution in [0.3, 0.4) is 0 Å². The normalized spacial score (nSPS) is 11.4. The molecule has 8 heteroatoms. The van der Waals surface area contributed by atoms with Crippen LogP contribution in [0.25, 0.3) is 0 Å². The van der Waals surface area contributed by atoms with E-state index in [4.69, 9.17) is 5.73 Å². The van der Waals surface area contributed by atoms with Gasteiger partial charge in [0.25, 0.3) is 0 Å². The summed E-state index contributed by atoms with van der Waals surface area (Å²) in [5.41, 5.74) is 4.44. The van der Waals surface area contributed by atoms with E-state index in [1.807, 2.05) is 0 Å². The van der Waals surface area contributed by atoms with Gasteiger partial charge >= 0.3 is 6.18 Å². The number of carbonyl (C=O) groups excluding carboxylic acids is 1. The second kappa shape index (κ2) is 5.47. The number of thioether (sulfide) groups is 1. The molecular weight excluding hydrogens is 267 g/mol. The third kappa shape index (κ3) is 4.10. The number of hydrogen-bond acceptors (Lipinski definition) is 4. The molecule has 0 aliphatic rings. The van der Waals surface area contributed by atoms with Gasteiger partial charge in [-0.1, -0.05) is 11.8 Å². The van der Waals surface area contributed by atoms with Crippen LogP contribution in [0.1, 0.15) is 5.56 Å². The van der Waals surface area contributed by atoms with Crippen molar-refractivity contribution in [3.05, 3.63) is 17.7 Å². The molecule has 0 fully saturated rings. The van der Waals surface area contributed by atoms with Crippen LogP contribution in [0.2, 0.25) is 0 Å². The van der Waals surface area contributed by atoms with E-state index in [9.17, 15) is 18.0 Å². The smallest absolute Gasteiger partial charge is 0.384 e. The van der Waals surface area contributed by atoms with Gasteiger partial charge < -0.3 is 10.6 Å². The highest BCUT2D eigenvalue weighted by molar-refractivity contribution is 7.99. The fraction of sp³-hybridized carbons (Fsp3) is 0.400. The second-order valence-corrected chi connectivity index (χ2v) is 4.69. The quantitative estimate of drug-likeness (QED) is 0.858. The standard InChI is InChI=1S/C10H12F3N3OS/c1-16(2)9(17)5-18-8-4-6(10(11,12)13)3-7(14)15-8/h3-4H,5H2,1-2H3,(H2,14,15). The predicted octanol–water partition coefficient (Wildman–Crippen LogP) is 1.86. The summed E-state index contributed by atoms with van der Waals surface area (Å²) >= 11 is 0.919. The predicted molar refractivity (Wildman–Crippen MR) is 63.1 cm³/mol. The zero-order chi connectivity index (χ0) is 13.9. The number of hydrogen-bond donors (Lipinski definition) is 1. The molecule has 0 spiro atoms. The molecule has 0 radical (unpaired) electrons. The maximum absolute atomic E-state index is 12.5. The third-order valence-electron chi connectivity index (χ3n) is 1.99. The molecule has 0 aromatic carbocycles. The molecule has 2 N–H and O–H groups in total. The molecule has 0 saturated heterocycles. The van der Waals surface area contributed by atoms with Crippen LogP contribution in [0, 0.1) is 0 Å². The zero-order valence-electron chi connectivity index (χ0n) is 9.78. The van der Waals surface area contributed by atoms with Crippen molar-refractivity contribution in [3.63, 3.8) is 0 Å². The van der Waals surface area contributed by atoms with E-state index < -0.39 is 11.7 Å². The topological polar surface area (TPSA) is 59.2 Å². The summed E-state index contributed by atoms with van der Waals surface area (Å²) in [6, 6.07) is 1.64. The highest BCUT2D eigenvalue weighted by Crippen LogP contribution is 2.32. The molecule has 1 heterocycles. The lowest BCUT2D eigenvalue weighted by Crippen LogP contribution is -2.23. The van der Waals surface area contributed by atoms with Crippen LogP contribution < -0.4 is 5.73 Å². The summed E-state index contributed by atoms with van der Waals surface area (Å²) < 4.78 is 37.5. The summed E-state index contributed by atoms with van der Waals surface area (Å²) in [5, 5.41) is 0.0810. The Kier molecular flexibility index (Phi) is 4.44. The van der Waals surface area contributed by atoms with Gasteiger partial charge in [0.05, 0.1) is 16.3 Å². The molecule has 100 valence electrons. The number of carbonyl (C=O) groups is 1. The van der Waals surface area contributed by atoms with Gasteiger partial charge in [-0.25, -0.2) is 4.98 Å². The Bertz CT molecular complexity index is 448. The highest BCUT2D eigenvalue weighted by Gasteiger charge is 2.31. The lowest BCUT2D eigenvalue weighted by molar-refractivity contribution is -0.137. The van der Waals surface area contributed by atoms with Crippen LogP contribution in [-0.4, -0.2) is 35.6 Å². The van der Waals surface area contributed by atoms with Gasteiger partial charge in [0.15, 0.2) is 0 Å². The number of anilines is 1. The maximum atomic E-state index is 12.5. The van der Waals surface area contributed by atoms with Gasteiger partial charge in [0.2, 0.25) is 5.91 Å². The van der Waals surface area contributed by atoms with Gasteiger partial charge in [-0.05, 0) is 12.1 Å². The summed E-state index contributed by atoms with van der Waals surface area (Å²) in [7, 11) is 3.13. The van der Waals surface area contributed by atoms with Gasteiger partial charge in [-0.2, -0.15) is 13.2 Å². The number of pyridine rings is 1. The van der Waals surface area contributed by atoms with Crippen LogP contribution in [0.4, 0.5) is 19.0 Å². The van der Waals surface area contributed by atoms with Crippen molar-refractivity contribution in [2.24, 2.45) is 0 Å². The SMILES string of the molecule is CN(C)C(=O)CSc1cc(C(F)(F)F)cc(N)n1.